The van der Waals surface area contributed by atoms with E-state index in [1.807, 2.05) is 12.1 Å². The number of halogens is 3. The lowest BCUT2D eigenvalue weighted by Crippen LogP contribution is -1.83. The second-order valence-corrected chi connectivity index (χ2v) is 5.29. The van der Waals surface area contributed by atoms with Crippen molar-refractivity contribution < 1.29 is 4.39 Å². The number of fused-ring (bicyclic) bond motifs is 1. The van der Waals surface area contributed by atoms with Crippen molar-refractivity contribution >= 4 is 59.9 Å². The fourth-order valence-corrected chi connectivity index (χ4v) is 3.85. The summed E-state index contributed by atoms with van der Waals surface area (Å²) < 4.78 is 15.4. The minimum atomic E-state index is -0.112. The third kappa shape index (κ3) is 1.76. The first-order chi connectivity index (χ1) is 6.22. The number of thiophene rings is 1. The lowest BCUT2D eigenvalue weighted by Gasteiger charge is -2.00. The fourth-order valence-electron chi connectivity index (χ4n) is 1.17. The minimum absolute atomic E-state index is 0.112. The van der Waals surface area contributed by atoms with E-state index >= 15 is 0 Å². The number of hydrogen-bond acceptors (Lipinski definition) is 1. The van der Waals surface area contributed by atoms with Gasteiger partial charge in [0.25, 0.3) is 0 Å². The predicted molar refractivity (Wildman–Crippen MR) is 67.1 cm³/mol. The molecule has 1 heterocycles. The van der Waals surface area contributed by atoms with Gasteiger partial charge in [0.05, 0.1) is 0 Å². The summed E-state index contributed by atoms with van der Waals surface area (Å²) in [6.45, 7) is 0. The van der Waals surface area contributed by atoms with Crippen molar-refractivity contribution in [2.75, 3.05) is 0 Å². The zero-order valence-corrected chi connectivity index (χ0v) is 11.0. The normalized spacial score (nSPS) is 11.0. The van der Waals surface area contributed by atoms with Gasteiger partial charge in [0.15, 0.2) is 0 Å². The van der Waals surface area contributed by atoms with Gasteiger partial charge in [-0.15, -0.1) is 11.3 Å². The molecule has 13 heavy (non-hydrogen) atoms. The van der Waals surface area contributed by atoms with E-state index in [1.165, 1.54) is 14.9 Å². The molecule has 0 saturated heterocycles. The third-order valence-corrected chi connectivity index (χ3v) is 4.36. The van der Waals surface area contributed by atoms with E-state index in [0.717, 1.165) is 21.0 Å². The third-order valence-electron chi connectivity index (χ3n) is 1.84. The molecule has 0 aliphatic heterocycles. The first-order valence-electron chi connectivity index (χ1n) is 3.63. The maximum Gasteiger partial charge on any atom is 0.141 e. The molecule has 0 unspecified atom stereocenters. The molecule has 68 valence electrons. The lowest BCUT2D eigenvalue weighted by molar-refractivity contribution is 0.644. The summed E-state index contributed by atoms with van der Waals surface area (Å²) in [5.74, 6) is -0.112. The average molecular weight is 371 g/mol. The van der Waals surface area contributed by atoms with Crippen molar-refractivity contribution in [3.63, 3.8) is 0 Å². The first-order valence-corrected chi connectivity index (χ1v) is 6.71. The Morgan fingerprint density at radius 3 is 2.92 bits per heavy atom. The largest absolute Gasteiger partial charge is 0.205 e. The van der Waals surface area contributed by atoms with Crippen LogP contribution in [0.3, 0.4) is 0 Å². The Hall–Kier alpha value is 0.320. The number of alkyl halides is 1. The van der Waals surface area contributed by atoms with E-state index in [0.29, 0.717) is 0 Å². The molecule has 0 amide bonds. The molecule has 2 aromatic rings. The molecular weight excluding hydrogens is 366 g/mol. The molecule has 0 radical (unpaired) electrons. The topological polar surface area (TPSA) is 0 Å². The van der Waals surface area contributed by atoms with Crippen LogP contribution in [0.15, 0.2) is 17.5 Å². The van der Waals surface area contributed by atoms with Crippen LogP contribution in [0.25, 0.3) is 10.1 Å². The van der Waals surface area contributed by atoms with E-state index in [1.54, 1.807) is 5.38 Å². The molecule has 0 aliphatic carbocycles. The molecule has 0 aliphatic rings. The van der Waals surface area contributed by atoms with Crippen LogP contribution in [-0.4, -0.2) is 0 Å². The van der Waals surface area contributed by atoms with E-state index in [9.17, 15) is 4.39 Å². The average Bonchev–Trinajstić information content (AvgIpc) is 2.46. The molecule has 0 bridgehead atoms. The van der Waals surface area contributed by atoms with Gasteiger partial charge in [-0.3, -0.25) is 0 Å². The van der Waals surface area contributed by atoms with E-state index in [-0.39, 0.29) is 5.82 Å². The molecule has 1 aromatic heterocycles. The van der Waals surface area contributed by atoms with Crippen LogP contribution in [0.1, 0.15) is 5.56 Å². The Balaban J connectivity index is 2.77. The molecular formula is C9H5BrFIS. The summed E-state index contributed by atoms with van der Waals surface area (Å²) in [5, 5.41) is 3.06. The predicted octanol–water partition coefficient (Wildman–Crippen LogP) is 4.54. The Labute approximate surface area is 101 Å². The van der Waals surface area contributed by atoms with Crippen LogP contribution in [0.4, 0.5) is 4.39 Å². The SMILES string of the molecule is Fc1csc2cc(I)c(CBr)cc12. The van der Waals surface area contributed by atoms with Crippen LogP contribution in [0.5, 0.6) is 0 Å². The number of hydrogen-bond donors (Lipinski definition) is 0. The summed E-state index contributed by atoms with van der Waals surface area (Å²) in [6, 6.07) is 3.94. The monoisotopic (exact) mass is 370 g/mol. The summed E-state index contributed by atoms with van der Waals surface area (Å²) in [6.07, 6.45) is 0. The molecule has 2 rings (SSSR count). The second kappa shape index (κ2) is 3.82. The van der Waals surface area contributed by atoms with Gasteiger partial charge in [0.1, 0.15) is 5.82 Å². The molecule has 4 heteroatoms. The summed E-state index contributed by atoms with van der Waals surface area (Å²) >= 11 is 7.11. The van der Waals surface area contributed by atoms with Crippen LogP contribution in [-0.2, 0) is 5.33 Å². The maximum atomic E-state index is 13.2. The van der Waals surface area contributed by atoms with E-state index in [4.69, 9.17) is 0 Å². The van der Waals surface area contributed by atoms with Crippen LogP contribution >= 0.6 is 49.9 Å². The number of benzene rings is 1. The number of rotatable bonds is 1. The Morgan fingerprint density at radius 1 is 1.46 bits per heavy atom. The van der Waals surface area contributed by atoms with Crippen LogP contribution in [0, 0.1) is 9.39 Å². The molecule has 0 fully saturated rings. The molecule has 0 N–H and O–H groups in total. The lowest BCUT2D eigenvalue weighted by atomic mass is 10.2. The molecule has 0 saturated carbocycles. The second-order valence-electron chi connectivity index (χ2n) is 2.66. The van der Waals surface area contributed by atoms with Gasteiger partial charge in [-0.2, -0.15) is 0 Å². The van der Waals surface area contributed by atoms with Gasteiger partial charge in [-0.25, -0.2) is 4.39 Å². The Bertz CT molecular complexity index is 452. The highest BCUT2D eigenvalue weighted by atomic mass is 127. The highest BCUT2D eigenvalue weighted by Gasteiger charge is 2.06. The fraction of sp³-hybridized carbons (Fsp3) is 0.111. The van der Waals surface area contributed by atoms with E-state index in [2.05, 4.69) is 38.5 Å². The van der Waals surface area contributed by atoms with Gasteiger partial charge in [0.2, 0.25) is 0 Å². The molecule has 0 atom stereocenters. The van der Waals surface area contributed by atoms with Gasteiger partial charge < -0.3 is 0 Å². The zero-order valence-electron chi connectivity index (χ0n) is 6.48. The standard InChI is InChI=1S/C9H5BrFIS/c10-3-5-1-6-7(11)4-13-9(6)2-8(5)12/h1-2,4H,3H2. The summed E-state index contributed by atoms with van der Waals surface area (Å²) in [4.78, 5) is 0. The minimum Gasteiger partial charge on any atom is -0.205 e. The highest BCUT2D eigenvalue weighted by Crippen LogP contribution is 2.29. The van der Waals surface area contributed by atoms with Crippen molar-refractivity contribution in [3.8, 4) is 0 Å². The van der Waals surface area contributed by atoms with Crippen molar-refractivity contribution in [1.29, 1.82) is 0 Å². The van der Waals surface area contributed by atoms with Crippen molar-refractivity contribution in [1.82, 2.24) is 0 Å². The molecule has 0 nitrogen and oxygen atoms in total. The van der Waals surface area contributed by atoms with Crippen LogP contribution < -0.4 is 0 Å². The first kappa shape index (κ1) is 9.86. The Morgan fingerprint density at radius 2 is 2.23 bits per heavy atom. The smallest absolute Gasteiger partial charge is 0.141 e. The summed E-state index contributed by atoms with van der Waals surface area (Å²) in [7, 11) is 0. The van der Waals surface area contributed by atoms with Gasteiger partial charge in [0, 0.05) is 24.4 Å². The maximum absolute atomic E-state index is 13.2. The molecule has 1 aromatic carbocycles. The van der Waals surface area contributed by atoms with Gasteiger partial charge in [-0.1, -0.05) is 15.9 Å². The van der Waals surface area contributed by atoms with Crippen molar-refractivity contribution in [2.45, 2.75) is 5.33 Å². The van der Waals surface area contributed by atoms with Gasteiger partial charge in [-0.05, 0) is 40.3 Å². The van der Waals surface area contributed by atoms with Crippen molar-refractivity contribution in [2.24, 2.45) is 0 Å². The Kier molecular flexibility index (Phi) is 2.90. The van der Waals surface area contributed by atoms with Gasteiger partial charge >= 0.3 is 0 Å². The highest BCUT2D eigenvalue weighted by molar-refractivity contribution is 14.1. The van der Waals surface area contributed by atoms with E-state index < -0.39 is 0 Å². The summed E-state index contributed by atoms with van der Waals surface area (Å²) in [5.41, 5.74) is 1.14. The zero-order chi connectivity index (χ0) is 9.42. The molecule has 0 spiro atoms. The van der Waals surface area contributed by atoms with Crippen LogP contribution in [0.2, 0.25) is 0 Å². The quantitative estimate of drug-likeness (QED) is 0.510. The van der Waals surface area contributed by atoms with Crippen molar-refractivity contribution in [3.05, 3.63) is 32.5 Å².